The molecule has 4 rings (SSSR count). The lowest BCUT2D eigenvalue weighted by atomic mass is 9.95. The molecule has 0 aliphatic carbocycles. The minimum atomic E-state index is -0.353. The highest BCUT2D eigenvalue weighted by atomic mass is 19.1. The van der Waals surface area contributed by atoms with Gasteiger partial charge in [0.25, 0.3) is 5.91 Å². The molecule has 0 saturated carbocycles. The summed E-state index contributed by atoms with van der Waals surface area (Å²) in [5.74, 6) is 0.490. The van der Waals surface area contributed by atoms with Gasteiger partial charge in [0, 0.05) is 38.2 Å². The van der Waals surface area contributed by atoms with E-state index in [-0.39, 0.29) is 23.3 Å². The number of piperidine rings is 1. The summed E-state index contributed by atoms with van der Waals surface area (Å²) in [6.45, 7) is 1.76. The fraction of sp³-hybridized carbons (Fsp3) is 0.348. The van der Waals surface area contributed by atoms with Crippen molar-refractivity contribution in [2.24, 2.45) is 7.05 Å². The molecule has 1 amide bonds. The van der Waals surface area contributed by atoms with Crippen molar-refractivity contribution in [2.45, 2.75) is 31.7 Å². The Kier molecular flexibility index (Phi) is 5.79. The number of carbonyl (C=O) groups excluding carboxylic acids is 1. The molecule has 6 nitrogen and oxygen atoms in total. The van der Waals surface area contributed by atoms with Gasteiger partial charge in [-0.1, -0.05) is 30.3 Å². The molecule has 0 spiro atoms. The molecule has 0 radical (unpaired) electrons. The Morgan fingerprint density at radius 2 is 1.73 bits per heavy atom. The maximum absolute atomic E-state index is 13.1. The predicted octanol–water partition coefficient (Wildman–Crippen LogP) is 2.98. The monoisotopic (exact) mass is 408 g/mol. The van der Waals surface area contributed by atoms with Crippen LogP contribution in [0, 0.1) is 5.82 Å². The van der Waals surface area contributed by atoms with Crippen LogP contribution in [0.15, 0.2) is 59.4 Å². The molecule has 7 heteroatoms. The first-order valence-electron chi connectivity index (χ1n) is 10.3. The molecule has 1 aliphatic rings. The summed E-state index contributed by atoms with van der Waals surface area (Å²) < 4.78 is 16.3. The van der Waals surface area contributed by atoms with E-state index in [2.05, 4.69) is 17.2 Å². The summed E-state index contributed by atoms with van der Waals surface area (Å²) in [7, 11) is 1.68. The van der Waals surface area contributed by atoms with Crippen LogP contribution in [0.1, 0.15) is 40.5 Å². The number of hydrogen-bond donors (Lipinski definition) is 0. The van der Waals surface area contributed by atoms with Crippen LogP contribution in [0.4, 0.5) is 4.39 Å². The van der Waals surface area contributed by atoms with Gasteiger partial charge in [0.05, 0.1) is 0 Å². The van der Waals surface area contributed by atoms with Crippen LogP contribution in [0.25, 0.3) is 0 Å². The van der Waals surface area contributed by atoms with Crippen LogP contribution in [-0.2, 0) is 20.0 Å². The van der Waals surface area contributed by atoms with Gasteiger partial charge in [0.1, 0.15) is 11.6 Å². The molecule has 3 aromatic rings. The summed E-state index contributed by atoms with van der Waals surface area (Å²) in [5, 5.41) is 4.51. The largest absolute Gasteiger partial charge is 0.345 e. The zero-order valence-corrected chi connectivity index (χ0v) is 17.0. The smallest absolute Gasteiger partial charge is 0.339 e. The van der Waals surface area contributed by atoms with Gasteiger partial charge in [0.2, 0.25) is 0 Å². The Balaban J connectivity index is 1.44. The van der Waals surface area contributed by atoms with E-state index in [0.717, 1.165) is 25.1 Å². The van der Waals surface area contributed by atoms with E-state index in [9.17, 15) is 14.0 Å². The molecule has 0 unspecified atom stereocenters. The summed E-state index contributed by atoms with van der Waals surface area (Å²) in [6, 6.07) is 15.7. The zero-order chi connectivity index (χ0) is 21.1. The molecule has 0 bridgehead atoms. The number of aromatic nitrogens is 3. The summed E-state index contributed by atoms with van der Waals surface area (Å²) in [6.07, 6.45) is 2.25. The average Bonchev–Trinajstić information content (AvgIpc) is 3.07. The molecule has 1 aromatic heterocycles. The summed E-state index contributed by atoms with van der Waals surface area (Å²) in [4.78, 5) is 27.1. The standard InChI is InChI=1S/C23H25FN4O2/c1-26-23(30)28(16-11-17-5-3-2-4-6-17)21(25-26)18-12-14-27(15-13-18)22(29)19-7-9-20(24)10-8-19/h2-10,18H,11-16H2,1H3. The van der Waals surface area contributed by atoms with E-state index in [1.165, 1.54) is 34.5 Å². The second-order valence-corrected chi connectivity index (χ2v) is 7.72. The summed E-state index contributed by atoms with van der Waals surface area (Å²) >= 11 is 0. The number of likely N-dealkylation sites (tertiary alicyclic amines) is 1. The van der Waals surface area contributed by atoms with Crippen molar-refractivity contribution in [3.8, 4) is 0 Å². The van der Waals surface area contributed by atoms with Crippen molar-refractivity contribution in [1.82, 2.24) is 19.2 Å². The second kappa shape index (κ2) is 8.65. The molecule has 1 aliphatic heterocycles. The van der Waals surface area contributed by atoms with Crippen LogP contribution in [0.5, 0.6) is 0 Å². The van der Waals surface area contributed by atoms with Crippen LogP contribution < -0.4 is 5.69 Å². The highest BCUT2D eigenvalue weighted by Crippen LogP contribution is 2.27. The van der Waals surface area contributed by atoms with Crippen molar-refractivity contribution in [1.29, 1.82) is 0 Å². The van der Waals surface area contributed by atoms with Crippen molar-refractivity contribution >= 4 is 5.91 Å². The van der Waals surface area contributed by atoms with Crippen LogP contribution in [0.3, 0.4) is 0 Å². The van der Waals surface area contributed by atoms with Crippen LogP contribution >= 0.6 is 0 Å². The number of carbonyl (C=O) groups is 1. The van der Waals surface area contributed by atoms with E-state index in [0.29, 0.717) is 25.2 Å². The summed E-state index contributed by atoms with van der Waals surface area (Å²) in [5.41, 5.74) is 1.57. The van der Waals surface area contributed by atoms with Crippen molar-refractivity contribution in [3.63, 3.8) is 0 Å². The lowest BCUT2D eigenvalue weighted by molar-refractivity contribution is 0.0710. The predicted molar refractivity (Wildman–Crippen MR) is 112 cm³/mol. The lowest BCUT2D eigenvalue weighted by Gasteiger charge is -2.31. The van der Waals surface area contributed by atoms with Gasteiger partial charge < -0.3 is 4.90 Å². The maximum Gasteiger partial charge on any atom is 0.345 e. The lowest BCUT2D eigenvalue weighted by Crippen LogP contribution is -2.38. The van der Waals surface area contributed by atoms with E-state index < -0.39 is 0 Å². The van der Waals surface area contributed by atoms with E-state index in [1.807, 2.05) is 18.2 Å². The molecule has 156 valence electrons. The SMILES string of the molecule is Cn1nc(C2CCN(C(=O)c3ccc(F)cc3)CC2)n(CCc2ccccc2)c1=O. The molecule has 0 N–H and O–H groups in total. The van der Waals surface area contributed by atoms with Gasteiger partial charge >= 0.3 is 5.69 Å². The van der Waals surface area contributed by atoms with E-state index >= 15 is 0 Å². The average molecular weight is 408 g/mol. The third-order valence-corrected chi connectivity index (χ3v) is 5.74. The molecule has 1 saturated heterocycles. The molecule has 30 heavy (non-hydrogen) atoms. The Hall–Kier alpha value is -3.22. The Morgan fingerprint density at radius 1 is 1.07 bits per heavy atom. The minimum Gasteiger partial charge on any atom is -0.339 e. The third kappa shape index (κ3) is 4.20. The van der Waals surface area contributed by atoms with Crippen molar-refractivity contribution < 1.29 is 9.18 Å². The van der Waals surface area contributed by atoms with Gasteiger partial charge in [-0.3, -0.25) is 9.36 Å². The van der Waals surface area contributed by atoms with Crippen LogP contribution in [-0.4, -0.2) is 38.2 Å². The van der Waals surface area contributed by atoms with Gasteiger partial charge in [0.15, 0.2) is 0 Å². The van der Waals surface area contributed by atoms with Gasteiger partial charge in [-0.05, 0) is 49.1 Å². The number of rotatable bonds is 5. The topological polar surface area (TPSA) is 60.1 Å². The maximum atomic E-state index is 13.1. The first-order chi connectivity index (χ1) is 14.5. The van der Waals surface area contributed by atoms with Gasteiger partial charge in [-0.25, -0.2) is 13.9 Å². The first kappa shape index (κ1) is 20.1. The molecule has 2 heterocycles. The minimum absolute atomic E-state index is 0.0871. The fourth-order valence-electron chi connectivity index (χ4n) is 4.04. The zero-order valence-electron chi connectivity index (χ0n) is 17.0. The van der Waals surface area contributed by atoms with Crippen molar-refractivity contribution in [2.75, 3.05) is 13.1 Å². The first-order valence-corrected chi connectivity index (χ1v) is 10.3. The van der Waals surface area contributed by atoms with Gasteiger partial charge in [-0.2, -0.15) is 5.10 Å². The quantitative estimate of drug-likeness (QED) is 0.652. The number of hydrogen-bond acceptors (Lipinski definition) is 3. The molecule has 0 atom stereocenters. The number of halogens is 1. The Morgan fingerprint density at radius 3 is 2.40 bits per heavy atom. The third-order valence-electron chi connectivity index (χ3n) is 5.74. The second-order valence-electron chi connectivity index (χ2n) is 7.72. The highest BCUT2D eigenvalue weighted by Gasteiger charge is 2.28. The molecular weight excluding hydrogens is 383 g/mol. The molecular formula is C23H25FN4O2. The van der Waals surface area contributed by atoms with Crippen LogP contribution in [0.2, 0.25) is 0 Å². The number of nitrogens with zero attached hydrogens (tertiary/aromatic N) is 4. The number of benzene rings is 2. The Labute approximate surface area is 174 Å². The molecule has 1 fully saturated rings. The molecule has 2 aromatic carbocycles. The van der Waals surface area contributed by atoms with E-state index in [4.69, 9.17) is 0 Å². The normalized spacial score (nSPS) is 14.8. The number of amides is 1. The van der Waals surface area contributed by atoms with E-state index in [1.54, 1.807) is 16.5 Å². The van der Waals surface area contributed by atoms with Gasteiger partial charge in [-0.15, -0.1) is 0 Å². The fourth-order valence-corrected chi connectivity index (χ4v) is 4.04. The Bertz CT molecular complexity index is 1060. The highest BCUT2D eigenvalue weighted by molar-refractivity contribution is 5.94. The van der Waals surface area contributed by atoms with Crippen molar-refractivity contribution in [3.05, 3.63) is 87.9 Å². The number of aryl methyl sites for hydroxylation is 2.